The molecule has 0 atom stereocenters. The molecule has 1 amide bonds. The van der Waals surface area contributed by atoms with Crippen molar-refractivity contribution in [1.29, 1.82) is 0 Å². The van der Waals surface area contributed by atoms with E-state index in [1.807, 2.05) is 12.1 Å². The van der Waals surface area contributed by atoms with Gasteiger partial charge in [-0.15, -0.1) is 11.3 Å². The molecule has 0 radical (unpaired) electrons. The third-order valence-corrected chi connectivity index (χ3v) is 5.18. The maximum atomic E-state index is 12.8. The summed E-state index contributed by atoms with van der Waals surface area (Å²) < 4.78 is 5.04. The summed E-state index contributed by atoms with van der Waals surface area (Å²) in [4.78, 5) is 13.9. The average molecular weight is 390 g/mol. The van der Waals surface area contributed by atoms with E-state index in [4.69, 9.17) is 27.9 Å². The van der Waals surface area contributed by atoms with E-state index in [9.17, 15) is 9.90 Å². The topological polar surface area (TPSA) is 102 Å². The number of nitrogen functional groups attached to an aromatic ring is 1. The molecule has 8 heteroatoms. The van der Waals surface area contributed by atoms with Crippen molar-refractivity contribution in [2.45, 2.75) is 0 Å². The lowest BCUT2D eigenvalue weighted by molar-refractivity contribution is 0.0991. The molecule has 0 fully saturated rings. The molecule has 3 rings (SSSR count). The van der Waals surface area contributed by atoms with Gasteiger partial charge >= 0.3 is 0 Å². The fourth-order valence-electron chi connectivity index (χ4n) is 2.37. The number of benzene rings is 2. The number of hydrazine groups is 1. The molecular formula is C18H16ClN3O3S. The normalized spacial score (nSPS) is 10.6. The summed E-state index contributed by atoms with van der Waals surface area (Å²) in [6.07, 6.45) is 0. The number of hydrogen-bond donors (Lipinski definition) is 3. The van der Waals surface area contributed by atoms with Crippen LogP contribution in [0, 0.1) is 0 Å². The molecule has 2 aromatic carbocycles. The van der Waals surface area contributed by atoms with E-state index in [-0.39, 0.29) is 11.5 Å². The van der Waals surface area contributed by atoms with E-state index < -0.39 is 5.91 Å². The number of rotatable bonds is 4. The van der Waals surface area contributed by atoms with Gasteiger partial charge in [-0.25, -0.2) is 10.9 Å². The Kier molecular flexibility index (Phi) is 5.03. The highest BCUT2D eigenvalue weighted by molar-refractivity contribution is 7.18. The zero-order valence-electron chi connectivity index (χ0n) is 13.8. The number of thiophene rings is 1. The highest BCUT2D eigenvalue weighted by atomic mass is 35.5. The van der Waals surface area contributed by atoms with Gasteiger partial charge in [0.05, 0.1) is 18.5 Å². The summed E-state index contributed by atoms with van der Waals surface area (Å²) in [7, 11) is 1.41. The van der Waals surface area contributed by atoms with Crippen LogP contribution < -0.4 is 21.3 Å². The first kappa shape index (κ1) is 18.1. The number of halogens is 1. The number of carbonyl (C=O) groups is 1. The van der Waals surface area contributed by atoms with Crippen molar-refractivity contribution in [3.8, 4) is 21.9 Å². The van der Waals surface area contributed by atoms with E-state index in [0.29, 0.717) is 21.3 Å². The Bertz CT molecular complexity index is 957. The fraction of sp³-hybridized carbons (Fsp3) is 0.0556. The van der Waals surface area contributed by atoms with Gasteiger partial charge in [0, 0.05) is 16.0 Å². The van der Waals surface area contributed by atoms with E-state index >= 15 is 0 Å². The smallest absolute Gasteiger partial charge is 0.284 e. The van der Waals surface area contributed by atoms with Crippen molar-refractivity contribution < 1.29 is 14.6 Å². The van der Waals surface area contributed by atoms with Gasteiger partial charge in [-0.05, 0) is 35.9 Å². The van der Waals surface area contributed by atoms with Crippen LogP contribution >= 0.6 is 22.9 Å². The van der Waals surface area contributed by atoms with Crippen molar-refractivity contribution in [3.63, 3.8) is 0 Å². The van der Waals surface area contributed by atoms with Crippen LogP contribution in [-0.2, 0) is 0 Å². The average Bonchev–Trinajstić information content (AvgIpc) is 3.03. The minimum absolute atomic E-state index is 0.0437. The highest BCUT2D eigenvalue weighted by Gasteiger charge is 2.21. The van der Waals surface area contributed by atoms with E-state index in [2.05, 4.69) is 0 Å². The summed E-state index contributed by atoms with van der Waals surface area (Å²) in [5, 5.41) is 11.3. The number of methoxy groups -OCH3 is 1. The lowest BCUT2D eigenvalue weighted by atomic mass is 10.2. The molecular weight excluding hydrogens is 374 g/mol. The number of nitrogens with zero attached hydrogens (tertiary/aromatic N) is 1. The van der Waals surface area contributed by atoms with Crippen LogP contribution in [-0.4, -0.2) is 18.1 Å². The number of amides is 1. The quantitative estimate of drug-likeness (QED) is 0.357. The predicted octanol–water partition coefficient (Wildman–Crippen LogP) is 3.89. The summed E-state index contributed by atoms with van der Waals surface area (Å²) >= 11 is 7.15. The molecule has 1 heterocycles. The molecule has 6 nitrogen and oxygen atoms in total. The Morgan fingerprint density at radius 3 is 2.54 bits per heavy atom. The highest BCUT2D eigenvalue weighted by Crippen LogP contribution is 2.36. The number of phenols is 1. The first-order valence-corrected chi connectivity index (χ1v) is 8.71. The third-order valence-electron chi connectivity index (χ3n) is 3.74. The monoisotopic (exact) mass is 389 g/mol. The van der Waals surface area contributed by atoms with Crippen LogP contribution in [0.3, 0.4) is 0 Å². The first-order valence-electron chi connectivity index (χ1n) is 7.52. The standard InChI is InChI=1S/C18H16ClN3O3S/c1-25-15-8-12(6-7-14(15)23)22(21)18(24)17-13(20)9-16(26-17)10-2-4-11(19)5-3-10/h2-9,23H,20-21H2,1H3. The van der Waals surface area contributed by atoms with Gasteiger partial charge in [0.1, 0.15) is 4.88 Å². The fourth-order valence-corrected chi connectivity index (χ4v) is 3.52. The summed E-state index contributed by atoms with van der Waals surface area (Å²) in [6, 6.07) is 13.4. The predicted molar refractivity (Wildman–Crippen MR) is 105 cm³/mol. The number of carbonyl (C=O) groups excluding carboxylic acids is 1. The molecule has 26 heavy (non-hydrogen) atoms. The SMILES string of the molecule is COc1cc(N(N)C(=O)c2sc(-c3ccc(Cl)cc3)cc2N)ccc1O. The first-order chi connectivity index (χ1) is 12.4. The molecule has 0 saturated carbocycles. The van der Waals surface area contributed by atoms with E-state index in [1.54, 1.807) is 18.2 Å². The van der Waals surface area contributed by atoms with Gasteiger partial charge in [-0.1, -0.05) is 23.7 Å². The Balaban J connectivity index is 1.91. The number of anilines is 2. The van der Waals surface area contributed by atoms with Crippen LogP contribution in [0.5, 0.6) is 11.5 Å². The number of ether oxygens (including phenoxy) is 1. The molecule has 0 aliphatic rings. The lowest BCUT2D eigenvalue weighted by Gasteiger charge is -2.17. The second kappa shape index (κ2) is 7.25. The summed E-state index contributed by atoms with van der Waals surface area (Å²) in [5.74, 6) is 5.67. The number of hydrogen-bond acceptors (Lipinski definition) is 6. The third kappa shape index (κ3) is 3.45. The maximum Gasteiger partial charge on any atom is 0.284 e. The number of nitrogens with two attached hydrogens (primary N) is 2. The molecule has 0 spiro atoms. The minimum atomic E-state index is -0.458. The van der Waals surface area contributed by atoms with E-state index in [1.165, 1.54) is 36.6 Å². The number of aromatic hydroxyl groups is 1. The van der Waals surface area contributed by atoms with Gasteiger partial charge in [-0.3, -0.25) is 4.79 Å². The summed E-state index contributed by atoms with van der Waals surface area (Å²) in [5.41, 5.74) is 7.63. The van der Waals surface area contributed by atoms with Crippen LogP contribution in [0.2, 0.25) is 5.02 Å². The van der Waals surface area contributed by atoms with Crippen molar-refractivity contribution in [3.05, 3.63) is 58.4 Å². The summed E-state index contributed by atoms with van der Waals surface area (Å²) in [6.45, 7) is 0. The van der Waals surface area contributed by atoms with Crippen molar-refractivity contribution >= 4 is 40.2 Å². The van der Waals surface area contributed by atoms with Crippen molar-refractivity contribution in [2.75, 3.05) is 17.9 Å². The van der Waals surface area contributed by atoms with Crippen molar-refractivity contribution in [1.82, 2.24) is 0 Å². The minimum Gasteiger partial charge on any atom is -0.504 e. The molecule has 0 saturated heterocycles. The van der Waals surface area contributed by atoms with Crippen LogP contribution in [0.1, 0.15) is 9.67 Å². The molecule has 0 aliphatic carbocycles. The second-order valence-corrected chi connectivity index (χ2v) is 6.92. The zero-order valence-corrected chi connectivity index (χ0v) is 15.3. The molecule has 134 valence electrons. The molecule has 5 N–H and O–H groups in total. The van der Waals surface area contributed by atoms with Gasteiger partial charge in [0.25, 0.3) is 5.91 Å². The van der Waals surface area contributed by atoms with E-state index in [0.717, 1.165) is 15.4 Å². The van der Waals surface area contributed by atoms with Crippen LogP contribution in [0.25, 0.3) is 10.4 Å². The second-order valence-electron chi connectivity index (χ2n) is 5.43. The maximum absolute atomic E-state index is 12.8. The van der Waals surface area contributed by atoms with Gasteiger partial charge in [0.15, 0.2) is 11.5 Å². The van der Waals surface area contributed by atoms with Crippen molar-refractivity contribution in [2.24, 2.45) is 5.84 Å². The van der Waals surface area contributed by atoms with Gasteiger partial charge in [-0.2, -0.15) is 0 Å². The Morgan fingerprint density at radius 1 is 1.19 bits per heavy atom. The molecule has 0 bridgehead atoms. The molecule has 0 unspecified atom stereocenters. The van der Waals surface area contributed by atoms with Gasteiger partial charge < -0.3 is 15.6 Å². The lowest BCUT2D eigenvalue weighted by Crippen LogP contribution is -2.37. The molecule has 0 aliphatic heterocycles. The molecule has 1 aromatic heterocycles. The number of phenolic OH excluding ortho intramolecular Hbond substituents is 1. The Hall–Kier alpha value is -2.74. The van der Waals surface area contributed by atoms with Gasteiger partial charge in [0.2, 0.25) is 0 Å². The molecule has 3 aromatic rings. The zero-order chi connectivity index (χ0) is 18.8. The Labute approximate surface area is 159 Å². The van der Waals surface area contributed by atoms with Crippen LogP contribution in [0.4, 0.5) is 11.4 Å². The van der Waals surface area contributed by atoms with Crippen LogP contribution in [0.15, 0.2) is 48.5 Å². The Morgan fingerprint density at radius 2 is 1.88 bits per heavy atom. The largest absolute Gasteiger partial charge is 0.504 e.